The number of benzene rings is 1. The van der Waals surface area contributed by atoms with Gasteiger partial charge in [0, 0.05) is 16.1 Å². The summed E-state index contributed by atoms with van der Waals surface area (Å²) in [6.07, 6.45) is 3.26. The van der Waals surface area contributed by atoms with Gasteiger partial charge in [-0.05, 0) is 37.4 Å². The van der Waals surface area contributed by atoms with Crippen molar-refractivity contribution in [1.29, 1.82) is 0 Å². The van der Waals surface area contributed by atoms with Gasteiger partial charge in [0.05, 0.1) is 0 Å². The first-order valence-corrected chi connectivity index (χ1v) is 6.80. The fourth-order valence-electron chi connectivity index (χ4n) is 2.35. The number of halogens is 3. The van der Waals surface area contributed by atoms with E-state index in [1.54, 1.807) is 0 Å². The minimum atomic E-state index is -0.463. The Morgan fingerprint density at radius 2 is 1.94 bits per heavy atom. The normalized spacial score (nSPS) is 17.9. The molecular formula is C13H16BrF2N. The van der Waals surface area contributed by atoms with E-state index in [0.717, 1.165) is 25.8 Å². The van der Waals surface area contributed by atoms with E-state index >= 15 is 0 Å². The van der Waals surface area contributed by atoms with Crippen molar-refractivity contribution in [2.24, 2.45) is 5.92 Å². The van der Waals surface area contributed by atoms with Crippen molar-refractivity contribution in [3.63, 3.8) is 0 Å². The van der Waals surface area contributed by atoms with E-state index in [1.807, 2.05) is 6.92 Å². The zero-order valence-electron chi connectivity index (χ0n) is 9.77. The topological polar surface area (TPSA) is 12.0 Å². The van der Waals surface area contributed by atoms with Crippen LogP contribution in [-0.2, 0) is 0 Å². The lowest BCUT2D eigenvalue weighted by atomic mass is 9.77. The molecule has 0 spiro atoms. The standard InChI is InChI=1S/C13H16BrF2N/c1-2-17-13(8-4-3-5-8)12-10(15)6-9(14)7-11(12)16/h6-8,13,17H,2-5H2,1H3. The first-order valence-electron chi connectivity index (χ1n) is 6.01. The molecule has 1 fully saturated rings. The van der Waals surface area contributed by atoms with Gasteiger partial charge in [-0.25, -0.2) is 8.78 Å². The Balaban J connectivity index is 2.34. The molecule has 0 amide bonds. The lowest BCUT2D eigenvalue weighted by Crippen LogP contribution is -2.33. The highest BCUT2D eigenvalue weighted by Gasteiger charge is 2.31. The molecule has 1 aliphatic carbocycles. The van der Waals surface area contributed by atoms with Gasteiger partial charge in [-0.3, -0.25) is 0 Å². The molecule has 0 radical (unpaired) electrons. The summed E-state index contributed by atoms with van der Waals surface area (Å²) in [6.45, 7) is 2.68. The Hall–Kier alpha value is -0.480. The third-order valence-electron chi connectivity index (χ3n) is 3.40. The second kappa shape index (κ2) is 5.44. The summed E-state index contributed by atoms with van der Waals surface area (Å²) < 4.78 is 28.2. The highest BCUT2D eigenvalue weighted by Crippen LogP contribution is 2.39. The van der Waals surface area contributed by atoms with Gasteiger partial charge in [-0.1, -0.05) is 29.3 Å². The molecule has 1 aromatic carbocycles. The summed E-state index contributed by atoms with van der Waals surface area (Å²) in [7, 11) is 0. The highest BCUT2D eigenvalue weighted by atomic mass is 79.9. The van der Waals surface area contributed by atoms with Crippen molar-refractivity contribution in [2.45, 2.75) is 32.2 Å². The molecule has 1 unspecified atom stereocenters. The van der Waals surface area contributed by atoms with Gasteiger partial charge < -0.3 is 5.32 Å². The maximum atomic E-state index is 13.9. The van der Waals surface area contributed by atoms with Gasteiger partial charge >= 0.3 is 0 Å². The van der Waals surface area contributed by atoms with Crippen LogP contribution in [0.15, 0.2) is 16.6 Å². The van der Waals surface area contributed by atoms with Crippen LogP contribution in [0.4, 0.5) is 8.78 Å². The lowest BCUT2D eigenvalue weighted by Gasteiger charge is -2.35. The number of nitrogens with one attached hydrogen (secondary N) is 1. The van der Waals surface area contributed by atoms with E-state index in [4.69, 9.17) is 0 Å². The second-order valence-corrected chi connectivity index (χ2v) is 5.43. The average molecular weight is 304 g/mol. The number of rotatable bonds is 4. The first-order chi connectivity index (χ1) is 8.13. The molecule has 0 aromatic heterocycles. The maximum Gasteiger partial charge on any atom is 0.132 e. The molecular weight excluding hydrogens is 288 g/mol. The summed E-state index contributed by atoms with van der Waals surface area (Å²) in [6, 6.07) is 2.48. The quantitative estimate of drug-likeness (QED) is 0.880. The molecule has 1 N–H and O–H groups in total. The van der Waals surface area contributed by atoms with E-state index in [-0.39, 0.29) is 11.6 Å². The average Bonchev–Trinajstić information content (AvgIpc) is 2.13. The summed E-state index contributed by atoms with van der Waals surface area (Å²) in [5, 5.41) is 3.21. The van der Waals surface area contributed by atoms with Crippen molar-refractivity contribution in [2.75, 3.05) is 6.54 Å². The second-order valence-electron chi connectivity index (χ2n) is 4.51. The maximum absolute atomic E-state index is 13.9. The minimum absolute atomic E-state index is 0.193. The van der Waals surface area contributed by atoms with Crippen LogP contribution in [0.5, 0.6) is 0 Å². The molecule has 1 aliphatic rings. The van der Waals surface area contributed by atoms with Gasteiger partial charge in [-0.15, -0.1) is 0 Å². The zero-order valence-corrected chi connectivity index (χ0v) is 11.4. The van der Waals surface area contributed by atoms with Crippen LogP contribution in [0.3, 0.4) is 0 Å². The van der Waals surface area contributed by atoms with E-state index in [2.05, 4.69) is 21.2 Å². The number of hydrogen-bond acceptors (Lipinski definition) is 1. The van der Waals surface area contributed by atoms with Gasteiger partial charge in [0.25, 0.3) is 0 Å². The molecule has 0 aliphatic heterocycles. The molecule has 1 saturated carbocycles. The molecule has 1 aromatic rings. The largest absolute Gasteiger partial charge is 0.310 e. The third kappa shape index (κ3) is 2.68. The third-order valence-corrected chi connectivity index (χ3v) is 3.86. The van der Waals surface area contributed by atoms with E-state index < -0.39 is 11.6 Å². The van der Waals surface area contributed by atoms with Crippen LogP contribution in [0, 0.1) is 17.6 Å². The van der Waals surface area contributed by atoms with E-state index in [1.165, 1.54) is 12.1 Å². The number of hydrogen-bond donors (Lipinski definition) is 1. The van der Waals surface area contributed by atoms with E-state index in [0.29, 0.717) is 10.4 Å². The monoisotopic (exact) mass is 303 g/mol. The highest BCUT2D eigenvalue weighted by molar-refractivity contribution is 9.10. The van der Waals surface area contributed by atoms with Crippen molar-refractivity contribution < 1.29 is 8.78 Å². The minimum Gasteiger partial charge on any atom is -0.310 e. The van der Waals surface area contributed by atoms with Crippen LogP contribution in [0.2, 0.25) is 0 Å². The summed E-state index contributed by atoms with van der Waals surface area (Å²) in [5.74, 6) is -0.565. The van der Waals surface area contributed by atoms with Crippen molar-refractivity contribution in [1.82, 2.24) is 5.32 Å². The van der Waals surface area contributed by atoms with Crippen LogP contribution in [0.1, 0.15) is 37.8 Å². The molecule has 1 atom stereocenters. The van der Waals surface area contributed by atoms with Gasteiger partial charge in [0.1, 0.15) is 11.6 Å². The van der Waals surface area contributed by atoms with Crippen molar-refractivity contribution in [3.05, 3.63) is 33.8 Å². The first kappa shape index (κ1) is 13.0. The Kier molecular flexibility index (Phi) is 4.15. The van der Waals surface area contributed by atoms with Crippen LogP contribution in [-0.4, -0.2) is 6.54 Å². The Bertz CT molecular complexity index is 381. The van der Waals surface area contributed by atoms with Crippen molar-refractivity contribution in [3.8, 4) is 0 Å². The lowest BCUT2D eigenvalue weighted by molar-refractivity contribution is 0.225. The van der Waals surface area contributed by atoms with Crippen LogP contribution < -0.4 is 5.32 Å². The fourth-order valence-corrected chi connectivity index (χ4v) is 2.75. The fraction of sp³-hybridized carbons (Fsp3) is 0.538. The van der Waals surface area contributed by atoms with Gasteiger partial charge in [0.2, 0.25) is 0 Å². The molecule has 1 nitrogen and oxygen atoms in total. The van der Waals surface area contributed by atoms with Gasteiger partial charge in [-0.2, -0.15) is 0 Å². The molecule has 0 heterocycles. The predicted molar refractivity (Wildman–Crippen MR) is 67.8 cm³/mol. The van der Waals surface area contributed by atoms with E-state index in [9.17, 15) is 8.78 Å². The molecule has 0 saturated heterocycles. The molecule has 2 rings (SSSR count). The summed E-state index contributed by atoms with van der Waals surface area (Å²) in [5.41, 5.74) is 0.194. The zero-order chi connectivity index (χ0) is 12.4. The molecule has 17 heavy (non-hydrogen) atoms. The van der Waals surface area contributed by atoms with Crippen LogP contribution >= 0.6 is 15.9 Å². The summed E-state index contributed by atoms with van der Waals surface area (Å²) >= 11 is 3.10. The molecule has 4 heteroatoms. The SMILES string of the molecule is CCNC(c1c(F)cc(Br)cc1F)C1CCC1. The Morgan fingerprint density at radius 1 is 1.35 bits per heavy atom. The molecule has 0 bridgehead atoms. The van der Waals surface area contributed by atoms with Crippen LogP contribution in [0.25, 0.3) is 0 Å². The summed E-state index contributed by atoms with van der Waals surface area (Å²) in [4.78, 5) is 0. The predicted octanol–water partition coefficient (Wildman–Crippen LogP) is 4.18. The van der Waals surface area contributed by atoms with Gasteiger partial charge in [0.15, 0.2) is 0 Å². The molecule has 94 valence electrons. The van der Waals surface area contributed by atoms with Crippen molar-refractivity contribution >= 4 is 15.9 Å². The Morgan fingerprint density at radius 3 is 2.35 bits per heavy atom. The smallest absolute Gasteiger partial charge is 0.132 e. The Labute approximate surface area is 109 Å².